The van der Waals surface area contributed by atoms with Crippen molar-refractivity contribution >= 4 is 40.1 Å². The van der Waals surface area contributed by atoms with Gasteiger partial charge in [0.15, 0.2) is 0 Å². The average molecular weight is 436 g/mol. The van der Waals surface area contributed by atoms with Gasteiger partial charge in [-0.3, -0.25) is 4.79 Å². The number of aromatic nitrogens is 1. The lowest BCUT2D eigenvalue weighted by atomic mass is 10.1. The predicted octanol–water partition coefficient (Wildman–Crippen LogP) is 4.76. The van der Waals surface area contributed by atoms with E-state index in [1.807, 2.05) is 18.2 Å². The quantitative estimate of drug-likeness (QED) is 0.438. The van der Waals surface area contributed by atoms with E-state index in [-0.39, 0.29) is 23.9 Å². The highest BCUT2D eigenvalue weighted by Crippen LogP contribution is 2.29. The maximum absolute atomic E-state index is 12.8. The lowest BCUT2D eigenvalue weighted by Gasteiger charge is -2.18. The molecule has 1 aromatic heterocycles. The van der Waals surface area contributed by atoms with Crippen molar-refractivity contribution in [2.75, 3.05) is 11.4 Å². The number of amides is 3. The molecule has 1 fully saturated rings. The van der Waals surface area contributed by atoms with E-state index in [4.69, 9.17) is 11.6 Å². The first-order chi connectivity index (χ1) is 14.2. The molecule has 1 saturated heterocycles. The third kappa shape index (κ3) is 4.02. The predicted molar refractivity (Wildman–Crippen MR) is 103 cm³/mol. The molecule has 0 aliphatic carbocycles. The Labute approximate surface area is 173 Å². The number of imide groups is 1. The summed E-state index contributed by atoms with van der Waals surface area (Å²) in [6, 6.07) is 12.9. The van der Waals surface area contributed by atoms with E-state index in [0.717, 1.165) is 28.0 Å². The molecule has 6 nitrogen and oxygen atoms in total. The maximum Gasteiger partial charge on any atom is 0.573 e. The highest BCUT2D eigenvalue weighted by molar-refractivity contribution is 6.30. The highest BCUT2D eigenvalue weighted by Gasteiger charge is 2.37. The van der Waals surface area contributed by atoms with Crippen LogP contribution in [0.2, 0.25) is 5.15 Å². The van der Waals surface area contributed by atoms with Crippen molar-refractivity contribution in [3.8, 4) is 5.75 Å². The fourth-order valence-electron chi connectivity index (χ4n) is 3.27. The number of urea groups is 1. The molecule has 0 N–H and O–H groups in total. The first-order valence-electron chi connectivity index (χ1n) is 8.73. The molecule has 154 valence electrons. The van der Waals surface area contributed by atoms with Gasteiger partial charge < -0.3 is 9.64 Å². The van der Waals surface area contributed by atoms with Gasteiger partial charge in [-0.05, 0) is 42.0 Å². The van der Waals surface area contributed by atoms with Crippen LogP contribution >= 0.6 is 11.6 Å². The van der Waals surface area contributed by atoms with E-state index >= 15 is 0 Å². The number of benzene rings is 2. The molecule has 0 atom stereocenters. The van der Waals surface area contributed by atoms with Crippen LogP contribution in [0.1, 0.15) is 5.56 Å². The van der Waals surface area contributed by atoms with Crippen molar-refractivity contribution in [1.29, 1.82) is 0 Å². The van der Waals surface area contributed by atoms with Gasteiger partial charge in [0.25, 0.3) is 5.91 Å². The minimum Gasteiger partial charge on any atom is -0.406 e. The molecule has 0 bridgehead atoms. The number of ether oxygens (including phenoxy) is 1. The van der Waals surface area contributed by atoms with Gasteiger partial charge in [0.1, 0.15) is 17.4 Å². The summed E-state index contributed by atoms with van der Waals surface area (Å²) in [6.45, 7) is -0.0486. The Balaban J connectivity index is 1.57. The van der Waals surface area contributed by atoms with Gasteiger partial charge in [0, 0.05) is 11.9 Å². The van der Waals surface area contributed by atoms with Crippen LogP contribution < -0.4 is 9.64 Å². The summed E-state index contributed by atoms with van der Waals surface area (Å²) in [7, 11) is 0. The first kappa shape index (κ1) is 20.0. The monoisotopic (exact) mass is 435 g/mol. The van der Waals surface area contributed by atoms with Crippen molar-refractivity contribution in [2.24, 2.45) is 0 Å². The Bertz CT molecular complexity index is 1140. The molecule has 3 aromatic rings. The summed E-state index contributed by atoms with van der Waals surface area (Å²) < 4.78 is 40.7. The Morgan fingerprint density at radius 3 is 2.47 bits per heavy atom. The minimum atomic E-state index is -4.83. The van der Waals surface area contributed by atoms with E-state index in [2.05, 4.69) is 9.72 Å². The van der Waals surface area contributed by atoms with Gasteiger partial charge in [0.05, 0.1) is 11.2 Å². The molecule has 0 saturated carbocycles. The molecule has 0 unspecified atom stereocenters. The Kier molecular flexibility index (Phi) is 4.98. The Morgan fingerprint density at radius 2 is 1.77 bits per heavy atom. The van der Waals surface area contributed by atoms with E-state index in [1.54, 1.807) is 12.1 Å². The molecule has 3 amide bonds. The second-order valence-electron chi connectivity index (χ2n) is 6.53. The number of para-hydroxylation sites is 1. The van der Waals surface area contributed by atoms with Gasteiger partial charge in [-0.15, -0.1) is 13.2 Å². The van der Waals surface area contributed by atoms with Gasteiger partial charge >= 0.3 is 12.4 Å². The highest BCUT2D eigenvalue weighted by atomic mass is 35.5. The molecule has 0 radical (unpaired) electrons. The molecular formula is C20H13ClF3N3O3. The molecular weight excluding hydrogens is 423 g/mol. The number of fused-ring (bicyclic) bond motifs is 1. The zero-order valence-corrected chi connectivity index (χ0v) is 15.9. The number of hydrogen-bond acceptors (Lipinski definition) is 4. The maximum atomic E-state index is 12.8. The summed E-state index contributed by atoms with van der Waals surface area (Å²) in [4.78, 5) is 31.8. The van der Waals surface area contributed by atoms with E-state index in [9.17, 15) is 22.8 Å². The van der Waals surface area contributed by atoms with Crippen LogP contribution in [0.3, 0.4) is 0 Å². The van der Waals surface area contributed by atoms with E-state index < -0.39 is 24.1 Å². The first-order valence-corrected chi connectivity index (χ1v) is 9.11. The van der Waals surface area contributed by atoms with Gasteiger partial charge in [0.2, 0.25) is 0 Å². The molecule has 1 aliphatic heterocycles. The van der Waals surface area contributed by atoms with Crippen LogP contribution in [0.5, 0.6) is 5.75 Å². The zero-order valence-electron chi connectivity index (χ0n) is 15.2. The zero-order chi connectivity index (χ0) is 21.5. The SMILES string of the molecule is O=C1CN(Cc2cc(Cl)nc3ccccc23)C(=O)N1c1ccc(OC(F)(F)F)cc1. The number of nitrogens with zero attached hydrogens (tertiary/aromatic N) is 3. The van der Waals surface area contributed by atoms with Crippen molar-refractivity contribution < 1.29 is 27.5 Å². The van der Waals surface area contributed by atoms with E-state index in [0.29, 0.717) is 5.52 Å². The smallest absolute Gasteiger partial charge is 0.406 e. The standard InChI is InChI=1S/C20H13ClF3N3O3/c21-17-9-12(15-3-1-2-4-16(15)25-17)10-26-11-18(28)27(19(26)29)13-5-7-14(8-6-13)30-20(22,23)24/h1-9H,10-11H2. The number of anilines is 1. The number of pyridine rings is 1. The summed E-state index contributed by atoms with van der Waals surface area (Å²) in [5.74, 6) is -0.936. The molecule has 2 heterocycles. The molecule has 0 spiro atoms. The van der Waals surface area contributed by atoms with Crippen molar-refractivity contribution in [3.05, 3.63) is 65.3 Å². The van der Waals surface area contributed by atoms with Crippen LogP contribution in [0.15, 0.2) is 54.6 Å². The summed E-state index contributed by atoms with van der Waals surface area (Å²) in [5.41, 5.74) is 1.54. The van der Waals surface area contributed by atoms with Crippen LogP contribution in [0.4, 0.5) is 23.7 Å². The molecule has 4 rings (SSSR count). The number of rotatable bonds is 4. The fourth-order valence-corrected chi connectivity index (χ4v) is 3.50. The summed E-state index contributed by atoms with van der Waals surface area (Å²) in [6.07, 6.45) is -4.83. The van der Waals surface area contributed by atoms with Crippen molar-refractivity contribution in [1.82, 2.24) is 9.88 Å². The number of hydrogen-bond donors (Lipinski definition) is 0. The average Bonchev–Trinajstić information content (AvgIpc) is 2.94. The molecule has 30 heavy (non-hydrogen) atoms. The van der Waals surface area contributed by atoms with E-state index in [1.165, 1.54) is 17.0 Å². The van der Waals surface area contributed by atoms with Crippen LogP contribution in [0, 0.1) is 0 Å². The van der Waals surface area contributed by atoms with Gasteiger partial charge in [-0.25, -0.2) is 14.7 Å². The van der Waals surface area contributed by atoms with Crippen molar-refractivity contribution in [3.63, 3.8) is 0 Å². The topological polar surface area (TPSA) is 62.7 Å². The van der Waals surface area contributed by atoms with Gasteiger partial charge in [-0.1, -0.05) is 29.8 Å². The van der Waals surface area contributed by atoms with Crippen molar-refractivity contribution in [2.45, 2.75) is 12.9 Å². The normalized spacial score (nSPS) is 14.7. The minimum absolute atomic E-state index is 0.124. The number of carbonyl (C=O) groups is 2. The third-order valence-electron chi connectivity index (χ3n) is 4.50. The second-order valence-corrected chi connectivity index (χ2v) is 6.92. The largest absolute Gasteiger partial charge is 0.573 e. The Hall–Kier alpha value is -3.33. The lowest BCUT2D eigenvalue weighted by Crippen LogP contribution is -2.32. The molecule has 2 aromatic carbocycles. The summed E-state index contributed by atoms with van der Waals surface area (Å²) in [5, 5.41) is 1.06. The number of halogens is 4. The molecule has 1 aliphatic rings. The van der Waals surface area contributed by atoms with Crippen LogP contribution in [0.25, 0.3) is 10.9 Å². The van der Waals surface area contributed by atoms with Gasteiger partial charge in [-0.2, -0.15) is 0 Å². The number of alkyl halides is 3. The lowest BCUT2D eigenvalue weighted by molar-refractivity contribution is -0.274. The van der Waals surface area contributed by atoms with Crippen LogP contribution in [-0.4, -0.2) is 34.7 Å². The third-order valence-corrected chi connectivity index (χ3v) is 4.69. The summed E-state index contributed by atoms with van der Waals surface area (Å²) >= 11 is 6.08. The number of carbonyl (C=O) groups excluding carboxylic acids is 2. The fraction of sp³-hybridized carbons (Fsp3) is 0.150. The molecule has 10 heteroatoms. The van der Waals surface area contributed by atoms with Crippen LogP contribution in [-0.2, 0) is 11.3 Å². The second kappa shape index (κ2) is 7.49. The Morgan fingerprint density at radius 1 is 1.07 bits per heavy atom.